The Bertz CT molecular complexity index is 939. The van der Waals surface area contributed by atoms with Crippen LogP contribution in [0.15, 0.2) is 47.4 Å². The van der Waals surface area contributed by atoms with Crippen LogP contribution in [0.25, 0.3) is 11.1 Å². The summed E-state index contributed by atoms with van der Waals surface area (Å²) < 4.78 is 56.9. The lowest BCUT2D eigenvalue weighted by Crippen LogP contribution is -2.17. The second kappa shape index (κ2) is 7.76. The maximum absolute atomic E-state index is 13.9. The fourth-order valence-electron chi connectivity index (χ4n) is 3.58. The number of esters is 1. The van der Waals surface area contributed by atoms with Gasteiger partial charge >= 0.3 is 5.97 Å². The number of carbonyl (C=O) groups excluding carboxylic acids is 1. The Labute approximate surface area is 157 Å². The molecule has 0 spiro atoms. The Kier molecular flexibility index (Phi) is 5.60. The second-order valence-corrected chi connectivity index (χ2v) is 8.86. The topological polar surface area (TPSA) is 60.4 Å². The molecule has 0 radical (unpaired) electrons. The van der Waals surface area contributed by atoms with Crippen molar-refractivity contribution in [3.8, 4) is 11.1 Å². The number of carbonyl (C=O) groups is 1. The van der Waals surface area contributed by atoms with E-state index in [1.165, 1.54) is 37.4 Å². The number of benzene rings is 2. The van der Waals surface area contributed by atoms with E-state index in [0.29, 0.717) is 24.8 Å². The van der Waals surface area contributed by atoms with Crippen molar-refractivity contribution in [3.63, 3.8) is 0 Å². The number of methoxy groups -OCH3 is 1. The van der Waals surface area contributed by atoms with E-state index in [4.69, 9.17) is 4.74 Å². The smallest absolute Gasteiger partial charge is 0.308 e. The molecule has 1 aliphatic carbocycles. The van der Waals surface area contributed by atoms with E-state index in [-0.39, 0.29) is 34.0 Å². The summed E-state index contributed by atoms with van der Waals surface area (Å²) in [5.74, 6) is -2.03. The Morgan fingerprint density at radius 2 is 1.81 bits per heavy atom. The van der Waals surface area contributed by atoms with Crippen molar-refractivity contribution < 1.29 is 26.7 Å². The Morgan fingerprint density at radius 1 is 1.11 bits per heavy atom. The molecule has 2 atom stereocenters. The highest BCUT2D eigenvalue weighted by Gasteiger charge is 2.33. The zero-order valence-corrected chi connectivity index (χ0v) is 15.6. The highest BCUT2D eigenvalue weighted by molar-refractivity contribution is 7.91. The van der Waals surface area contributed by atoms with Gasteiger partial charge in [0.1, 0.15) is 11.6 Å². The first kappa shape index (κ1) is 19.5. The third kappa shape index (κ3) is 4.35. The van der Waals surface area contributed by atoms with Crippen molar-refractivity contribution in [2.24, 2.45) is 11.8 Å². The highest BCUT2D eigenvalue weighted by Crippen LogP contribution is 2.34. The summed E-state index contributed by atoms with van der Waals surface area (Å²) in [6, 6.07) is 9.14. The van der Waals surface area contributed by atoms with E-state index >= 15 is 0 Å². The van der Waals surface area contributed by atoms with Crippen LogP contribution in [0.4, 0.5) is 8.78 Å². The van der Waals surface area contributed by atoms with Crippen LogP contribution in [-0.4, -0.2) is 27.2 Å². The summed E-state index contributed by atoms with van der Waals surface area (Å²) >= 11 is 0. The number of hydrogen-bond donors (Lipinski definition) is 0. The molecule has 3 rings (SSSR count). The van der Waals surface area contributed by atoms with Gasteiger partial charge in [0.05, 0.1) is 23.7 Å². The molecular formula is C20H20F2O4S. The molecule has 144 valence electrons. The first-order valence-corrected chi connectivity index (χ1v) is 10.3. The van der Waals surface area contributed by atoms with Crippen molar-refractivity contribution in [1.82, 2.24) is 0 Å². The Hall–Kier alpha value is -2.28. The van der Waals surface area contributed by atoms with E-state index in [9.17, 15) is 22.0 Å². The molecule has 1 aliphatic rings. The van der Waals surface area contributed by atoms with Gasteiger partial charge in [0.2, 0.25) is 0 Å². The average molecular weight is 394 g/mol. The molecular weight excluding hydrogens is 374 g/mol. The lowest BCUT2D eigenvalue weighted by atomic mass is 10.1. The monoisotopic (exact) mass is 394 g/mol. The van der Waals surface area contributed by atoms with Gasteiger partial charge in [0, 0.05) is 11.6 Å². The van der Waals surface area contributed by atoms with Gasteiger partial charge in [-0.2, -0.15) is 0 Å². The number of halogens is 2. The summed E-state index contributed by atoms with van der Waals surface area (Å²) in [6.45, 7) is 0. The third-order valence-corrected chi connectivity index (χ3v) is 6.89. The molecule has 0 bridgehead atoms. The van der Waals surface area contributed by atoms with Crippen LogP contribution < -0.4 is 0 Å². The molecule has 2 aromatic rings. The zero-order valence-electron chi connectivity index (χ0n) is 14.8. The summed E-state index contributed by atoms with van der Waals surface area (Å²) in [6.07, 6.45) is 1.80. The predicted molar refractivity (Wildman–Crippen MR) is 96.7 cm³/mol. The fraction of sp³-hybridized carbons (Fsp3) is 0.350. The molecule has 0 saturated heterocycles. The standard InChI is InChI=1S/C20H20F2O4S/c1-26-20(23)15-3-2-13(10-15)12-27(24,25)17-7-4-14(5-8-17)18-9-6-16(21)11-19(18)22/h4-9,11,13,15H,2-3,10,12H2,1H3/t13-,15-/m0/s1. The summed E-state index contributed by atoms with van der Waals surface area (Å²) in [5.41, 5.74) is 0.676. The maximum atomic E-state index is 13.9. The van der Waals surface area contributed by atoms with E-state index in [2.05, 4.69) is 0 Å². The van der Waals surface area contributed by atoms with Crippen LogP contribution in [0.5, 0.6) is 0 Å². The molecule has 0 aliphatic heterocycles. The molecule has 4 nitrogen and oxygen atoms in total. The second-order valence-electron chi connectivity index (χ2n) is 6.83. The molecule has 0 heterocycles. The van der Waals surface area contributed by atoms with Gasteiger partial charge in [-0.05, 0) is 55.0 Å². The molecule has 0 N–H and O–H groups in total. The molecule has 27 heavy (non-hydrogen) atoms. The summed E-state index contributed by atoms with van der Waals surface area (Å²) in [4.78, 5) is 11.7. The van der Waals surface area contributed by atoms with Gasteiger partial charge < -0.3 is 4.74 Å². The van der Waals surface area contributed by atoms with E-state index < -0.39 is 21.5 Å². The van der Waals surface area contributed by atoms with Crippen LogP contribution in [0.1, 0.15) is 19.3 Å². The van der Waals surface area contributed by atoms with E-state index in [1.807, 2.05) is 0 Å². The lowest BCUT2D eigenvalue weighted by molar-refractivity contribution is -0.145. The Morgan fingerprint density at radius 3 is 2.44 bits per heavy atom. The van der Waals surface area contributed by atoms with Gasteiger partial charge in [-0.15, -0.1) is 0 Å². The van der Waals surface area contributed by atoms with E-state index in [1.54, 1.807) is 0 Å². The highest BCUT2D eigenvalue weighted by atomic mass is 32.2. The molecule has 2 aromatic carbocycles. The van der Waals surface area contributed by atoms with Crippen LogP contribution in [0.2, 0.25) is 0 Å². The van der Waals surface area contributed by atoms with Crippen molar-refractivity contribution in [3.05, 3.63) is 54.1 Å². The molecule has 0 amide bonds. The van der Waals surface area contributed by atoms with Gasteiger partial charge in [0.25, 0.3) is 0 Å². The normalized spacial score (nSPS) is 19.8. The molecule has 7 heteroatoms. The zero-order chi connectivity index (χ0) is 19.6. The third-order valence-electron chi connectivity index (χ3n) is 4.99. The minimum atomic E-state index is -3.52. The first-order valence-electron chi connectivity index (χ1n) is 8.66. The Balaban J connectivity index is 1.73. The quantitative estimate of drug-likeness (QED) is 0.720. The fourth-order valence-corrected chi connectivity index (χ4v) is 5.25. The van der Waals surface area contributed by atoms with E-state index in [0.717, 1.165) is 12.1 Å². The lowest BCUT2D eigenvalue weighted by Gasteiger charge is -2.12. The van der Waals surface area contributed by atoms with Crippen LogP contribution in [-0.2, 0) is 19.4 Å². The van der Waals surface area contributed by atoms with Gasteiger partial charge in [-0.25, -0.2) is 17.2 Å². The molecule has 1 saturated carbocycles. The molecule has 0 aromatic heterocycles. The van der Waals surface area contributed by atoms with Crippen LogP contribution in [0.3, 0.4) is 0 Å². The SMILES string of the molecule is COC(=O)[C@H]1CC[C@H](CS(=O)(=O)c2ccc(-c3ccc(F)cc3F)cc2)C1. The number of sulfone groups is 1. The maximum Gasteiger partial charge on any atom is 0.308 e. The number of rotatable bonds is 5. The van der Waals surface area contributed by atoms with Crippen molar-refractivity contribution in [2.45, 2.75) is 24.2 Å². The molecule has 0 unspecified atom stereocenters. The van der Waals surface area contributed by atoms with Gasteiger partial charge in [0.15, 0.2) is 9.84 Å². The predicted octanol–water partition coefficient (Wildman–Crippen LogP) is 3.99. The van der Waals surface area contributed by atoms with Crippen LogP contribution >= 0.6 is 0 Å². The van der Waals surface area contributed by atoms with Crippen molar-refractivity contribution in [2.75, 3.05) is 12.9 Å². The minimum Gasteiger partial charge on any atom is -0.469 e. The summed E-state index contributed by atoms with van der Waals surface area (Å²) in [5, 5.41) is 0. The molecule has 1 fully saturated rings. The van der Waals surface area contributed by atoms with Crippen molar-refractivity contribution in [1.29, 1.82) is 0 Å². The van der Waals surface area contributed by atoms with Gasteiger partial charge in [-0.3, -0.25) is 4.79 Å². The average Bonchev–Trinajstić information content (AvgIpc) is 3.09. The number of hydrogen-bond acceptors (Lipinski definition) is 4. The number of ether oxygens (including phenoxy) is 1. The van der Waals surface area contributed by atoms with Crippen LogP contribution in [0, 0.1) is 23.5 Å². The largest absolute Gasteiger partial charge is 0.469 e. The minimum absolute atomic E-state index is 0.0370. The van der Waals surface area contributed by atoms with Crippen molar-refractivity contribution >= 4 is 15.8 Å². The first-order chi connectivity index (χ1) is 12.8. The van der Waals surface area contributed by atoms with Gasteiger partial charge in [-0.1, -0.05) is 12.1 Å². The summed E-state index contributed by atoms with van der Waals surface area (Å²) in [7, 11) is -2.19.